The van der Waals surface area contributed by atoms with E-state index in [9.17, 15) is 9.59 Å². The molecule has 0 atom stereocenters. The molecule has 1 aromatic carbocycles. The minimum atomic E-state index is -0.600. The molecule has 0 aliphatic rings. The van der Waals surface area contributed by atoms with Crippen molar-refractivity contribution in [3.63, 3.8) is 0 Å². The SMILES string of the molecule is CCOc1cc(C)c(C(=O)C(=O)NC)cc1C. The number of rotatable bonds is 4. The number of carbonyl (C=O) groups excluding carboxylic acids is 2. The highest BCUT2D eigenvalue weighted by atomic mass is 16.5. The Morgan fingerprint density at radius 3 is 2.41 bits per heavy atom. The lowest BCUT2D eigenvalue weighted by atomic mass is 10.0. The number of nitrogens with one attached hydrogen (secondary N) is 1. The van der Waals surface area contributed by atoms with Gasteiger partial charge in [0.05, 0.1) is 6.61 Å². The molecule has 1 rings (SSSR count). The van der Waals surface area contributed by atoms with Crippen LogP contribution < -0.4 is 10.1 Å². The van der Waals surface area contributed by atoms with Gasteiger partial charge in [-0.1, -0.05) is 0 Å². The Morgan fingerprint density at radius 2 is 1.88 bits per heavy atom. The third kappa shape index (κ3) is 2.84. The van der Waals surface area contributed by atoms with Crippen molar-refractivity contribution < 1.29 is 14.3 Å². The van der Waals surface area contributed by atoms with Gasteiger partial charge in [-0.25, -0.2) is 0 Å². The topological polar surface area (TPSA) is 55.4 Å². The Balaban J connectivity index is 3.15. The summed E-state index contributed by atoms with van der Waals surface area (Å²) in [4.78, 5) is 23.1. The van der Waals surface area contributed by atoms with Crippen molar-refractivity contribution in [2.45, 2.75) is 20.8 Å². The van der Waals surface area contributed by atoms with Gasteiger partial charge < -0.3 is 10.1 Å². The van der Waals surface area contributed by atoms with Crippen molar-refractivity contribution >= 4 is 11.7 Å². The molecule has 0 aliphatic heterocycles. The van der Waals surface area contributed by atoms with Crippen molar-refractivity contribution in [1.82, 2.24) is 5.32 Å². The molecule has 0 aromatic heterocycles. The van der Waals surface area contributed by atoms with Crippen molar-refractivity contribution in [3.8, 4) is 5.75 Å². The average molecular weight is 235 g/mol. The van der Waals surface area contributed by atoms with Crippen molar-refractivity contribution in [1.29, 1.82) is 0 Å². The van der Waals surface area contributed by atoms with E-state index in [4.69, 9.17) is 4.74 Å². The Kier molecular flexibility index (Phi) is 4.26. The highest BCUT2D eigenvalue weighted by molar-refractivity contribution is 6.43. The summed E-state index contributed by atoms with van der Waals surface area (Å²) in [5.41, 5.74) is 2.02. The molecular weight excluding hydrogens is 218 g/mol. The van der Waals surface area contributed by atoms with Gasteiger partial charge in [-0.15, -0.1) is 0 Å². The van der Waals surface area contributed by atoms with Crippen LogP contribution in [0.3, 0.4) is 0 Å². The third-order valence-electron chi connectivity index (χ3n) is 2.50. The summed E-state index contributed by atoms with van der Waals surface area (Å²) in [5, 5.41) is 2.33. The molecule has 0 fully saturated rings. The smallest absolute Gasteiger partial charge is 0.292 e. The highest BCUT2D eigenvalue weighted by Crippen LogP contribution is 2.23. The Morgan fingerprint density at radius 1 is 1.24 bits per heavy atom. The van der Waals surface area contributed by atoms with E-state index in [0.717, 1.165) is 16.9 Å². The second-order valence-corrected chi connectivity index (χ2v) is 3.77. The molecule has 1 aromatic rings. The van der Waals surface area contributed by atoms with Crippen molar-refractivity contribution in [2.24, 2.45) is 0 Å². The van der Waals surface area contributed by atoms with E-state index in [1.807, 2.05) is 13.8 Å². The van der Waals surface area contributed by atoms with Crippen LogP contribution in [0.5, 0.6) is 5.75 Å². The van der Waals surface area contributed by atoms with Gasteiger partial charge in [0.15, 0.2) is 0 Å². The van der Waals surface area contributed by atoms with Gasteiger partial charge in [0.25, 0.3) is 5.91 Å². The fraction of sp³-hybridized carbons (Fsp3) is 0.385. The van der Waals surface area contributed by atoms with Crippen LogP contribution in [0.15, 0.2) is 12.1 Å². The van der Waals surface area contributed by atoms with Gasteiger partial charge >= 0.3 is 0 Å². The molecule has 4 heteroatoms. The zero-order chi connectivity index (χ0) is 13.0. The summed E-state index contributed by atoms with van der Waals surface area (Å²) < 4.78 is 5.43. The Bertz CT molecular complexity index is 452. The average Bonchev–Trinajstić information content (AvgIpc) is 2.31. The van der Waals surface area contributed by atoms with Gasteiger partial charge in [0.1, 0.15) is 5.75 Å². The lowest BCUT2D eigenvalue weighted by Gasteiger charge is -2.11. The first-order valence-electron chi connectivity index (χ1n) is 5.51. The van der Waals surface area contributed by atoms with Gasteiger partial charge in [-0.2, -0.15) is 0 Å². The van der Waals surface area contributed by atoms with Crippen LogP contribution in [-0.4, -0.2) is 25.3 Å². The van der Waals surface area contributed by atoms with Crippen LogP contribution >= 0.6 is 0 Å². The first kappa shape index (κ1) is 13.2. The first-order valence-corrected chi connectivity index (χ1v) is 5.51. The van der Waals surface area contributed by atoms with E-state index in [1.54, 1.807) is 19.1 Å². The fourth-order valence-electron chi connectivity index (χ4n) is 1.58. The molecule has 0 saturated heterocycles. The summed E-state index contributed by atoms with van der Waals surface area (Å²) >= 11 is 0. The highest BCUT2D eigenvalue weighted by Gasteiger charge is 2.18. The number of aryl methyl sites for hydroxylation is 2. The van der Waals surface area contributed by atoms with E-state index >= 15 is 0 Å². The lowest BCUT2D eigenvalue weighted by molar-refractivity contribution is -0.116. The number of likely N-dealkylation sites (N-methyl/N-ethyl adjacent to an activating group) is 1. The monoisotopic (exact) mass is 235 g/mol. The largest absolute Gasteiger partial charge is 0.494 e. The summed E-state index contributed by atoms with van der Waals surface area (Å²) in [6.07, 6.45) is 0. The van der Waals surface area contributed by atoms with Crippen LogP contribution in [0, 0.1) is 13.8 Å². The standard InChI is InChI=1S/C13H17NO3/c1-5-17-11-7-8(2)10(6-9(11)3)12(15)13(16)14-4/h6-7H,5H2,1-4H3,(H,14,16). The van der Waals surface area contributed by atoms with Crippen LogP contribution in [0.25, 0.3) is 0 Å². The maximum absolute atomic E-state index is 11.8. The van der Waals surface area contributed by atoms with Gasteiger partial charge in [0.2, 0.25) is 5.78 Å². The predicted molar refractivity (Wildman–Crippen MR) is 65.5 cm³/mol. The van der Waals surface area contributed by atoms with Gasteiger partial charge in [-0.3, -0.25) is 9.59 Å². The second-order valence-electron chi connectivity index (χ2n) is 3.77. The molecule has 0 bridgehead atoms. The van der Waals surface area contributed by atoms with Gasteiger partial charge in [0, 0.05) is 12.6 Å². The van der Waals surface area contributed by atoms with E-state index < -0.39 is 11.7 Å². The van der Waals surface area contributed by atoms with E-state index in [1.165, 1.54) is 7.05 Å². The second kappa shape index (κ2) is 5.48. The molecule has 0 unspecified atom stereocenters. The zero-order valence-electron chi connectivity index (χ0n) is 10.6. The molecular formula is C13H17NO3. The molecule has 17 heavy (non-hydrogen) atoms. The summed E-state index contributed by atoms with van der Waals surface area (Å²) in [5.74, 6) is -0.369. The number of benzene rings is 1. The minimum Gasteiger partial charge on any atom is -0.494 e. The molecule has 0 saturated carbocycles. The predicted octanol–water partition coefficient (Wildman–Crippen LogP) is 1.63. The molecule has 92 valence electrons. The van der Waals surface area contributed by atoms with Crippen LogP contribution in [-0.2, 0) is 4.79 Å². The zero-order valence-corrected chi connectivity index (χ0v) is 10.6. The third-order valence-corrected chi connectivity index (χ3v) is 2.50. The Labute approximate surface area is 101 Å². The molecule has 0 spiro atoms. The first-order chi connectivity index (χ1) is 8.01. The quantitative estimate of drug-likeness (QED) is 0.637. The number of hydrogen-bond acceptors (Lipinski definition) is 3. The Hall–Kier alpha value is -1.84. The summed E-state index contributed by atoms with van der Waals surface area (Å²) in [7, 11) is 1.44. The molecule has 1 amide bonds. The maximum atomic E-state index is 11.8. The van der Waals surface area contributed by atoms with Crippen molar-refractivity contribution in [2.75, 3.05) is 13.7 Å². The number of carbonyl (C=O) groups is 2. The maximum Gasteiger partial charge on any atom is 0.292 e. The van der Waals surface area contributed by atoms with Crippen LogP contribution in [0.2, 0.25) is 0 Å². The number of amides is 1. The molecule has 0 aliphatic carbocycles. The summed E-state index contributed by atoms with van der Waals surface area (Å²) in [6.45, 7) is 6.12. The molecule has 0 heterocycles. The van der Waals surface area contributed by atoms with Crippen LogP contribution in [0.1, 0.15) is 28.4 Å². The van der Waals surface area contributed by atoms with Gasteiger partial charge in [-0.05, 0) is 44.0 Å². The molecule has 1 N–H and O–H groups in total. The molecule has 0 radical (unpaired) electrons. The van der Waals surface area contributed by atoms with E-state index in [0.29, 0.717) is 12.2 Å². The van der Waals surface area contributed by atoms with E-state index in [2.05, 4.69) is 5.32 Å². The number of hydrogen-bond donors (Lipinski definition) is 1. The van der Waals surface area contributed by atoms with E-state index in [-0.39, 0.29) is 0 Å². The fourth-order valence-corrected chi connectivity index (χ4v) is 1.58. The minimum absolute atomic E-state index is 0.422. The number of ketones is 1. The normalized spacial score (nSPS) is 9.88. The number of ether oxygens (including phenoxy) is 1. The molecule has 4 nitrogen and oxygen atoms in total. The number of Topliss-reactive ketones (excluding diaryl/α,β-unsaturated/α-hetero) is 1. The summed E-state index contributed by atoms with van der Waals surface area (Å²) in [6, 6.07) is 3.48. The van der Waals surface area contributed by atoms with Crippen LogP contribution in [0.4, 0.5) is 0 Å². The lowest BCUT2D eigenvalue weighted by Crippen LogP contribution is -2.28. The van der Waals surface area contributed by atoms with Crippen molar-refractivity contribution in [3.05, 3.63) is 28.8 Å².